The van der Waals surface area contributed by atoms with E-state index in [1.165, 1.54) is 11.8 Å². The molecule has 7 heteroatoms. The number of nitrogens with one attached hydrogen (secondary N) is 1. The minimum atomic E-state index is -1.00. The summed E-state index contributed by atoms with van der Waals surface area (Å²) < 4.78 is 5.25. The number of carboxylic acid groups (broad SMARTS) is 1. The summed E-state index contributed by atoms with van der Waals surface area (Å²) in [6, 6.07) is 7.64. The van der Waals surface area contributed by atoms with Crippen LogP contribution in [-0.2, 0) is 14.3 Å². The second kappa shape index (κ2) is 10.1. The summed E-state index contributed by atoms with van der Waals surface area (Å²) in [6.45, 7) is 2.47. The molecule has 25 heavy (non-hydrogen) atoms. The van der Waals surface area contributed by atoms with Gasteiger partial charge in [-0.25, -0.2) is 4.98 Å². The maximum atomic E-state index is 12.2. The summed E-state index contributed by atoms with van der Waals surface area (Å²) >= 11 is 1.34. The largest absolute Gasteiger partial charge is 0.481 e. The lowest BCUT2D eigenvalue weighted by molar-refractivity contribution is -0.152. The van der Waals surface area contributed by atoms with Crippen LogP contribution in [0.15, 0.2) is 29.4 Å². The van der Waals surface area contributed by atoms with E-state index >= 15 is 0 Å². The van der Waals surface area contributed by atoms with Crippen LogP contribution in [0.5, 0.6) is 0 Å². The topological polar surface area (TPSA) is 92.3 Å². The number of aliphatic carboxylic acids is 1. The number of hydrogen-bond acceptors (Lipinski definition) is 5. The molecule has 0 saturated heterocycles. The molecule has 0 amide bonds. The lowest BCUT2D eigenvalue weighted by Crippen LogP contribution is -2.23. The summed E-state index contributed by atoms with van der Waals surface area (Å²) in [5.41, 5.74) is 1.76. The minimum absolute atomic E-state index is 0.235. The third kappa shape index (κ3) is 6.42. The Morgan fingerprint density at radius 1 is 1.28 bits per heavy atom. The molecule has 136 valence electrons. The number of unbranched alkanes of at least 4 members (excludes halogenated alkanes) is 3. The van der Waals surface area contributed by atoms with Crippen molar-refractivity contribution in [3.8, 4) is 0 Å². The van der Waals surface area contributed by atoms with Crippen molar-refractivity contribution in [1.29, 1.82) is 0 Å². The Kier molecular flexibility index (Phi) is 7.78. The molecule has 2 rings (SSSR count). The second-order valence-electron chi connectivity index (χ2n) is 5.89. The number of fused-ring (bicyclic) bond motifs is 1. The average Bonchev–Trinajstić information content (AvgIpc) is 3.00. The summed E-state index contributed by atoms with van der Waals surface area (Å²) in [6.07, 6.45) is 3.82. The molecule has 1 aromatic heterocycles. The molecule has 0 bridgehead atoms. The van der Waals surface area contributed by atoms with Crippen molar-refractivity contribution in [3.63, 3.8) is 0 Å². The van der Waals surface area contributed by atoms with Crippen molar-refractivity contribution >= 4 is 34.7 Å². The van der Waals surface area contributed by atoms with Crippen LogP contribution in [0.4, 0.5) is 0 Å². The van der Waals surface area contributed by atoms with Gasteiger partial charge in [-0.3, -0.25) is 9.59 Å². The summed E-state index contributed by atoms with van der Waals surface area (Å²) in [5.74, 6) is -1.80. The normalized spacial score (nSPS) is 12.2. The van der Waals surface area contributed by atoms with Crippen LogP contribution in [0.25, 0.3) is 11.0 Å². The monoisotopic (exact) mass is 364 g/mol. The fourth-order valence-electron chi connectivity index (χ4n) is 2.42. The van der Waals surface area contributed by atoms with Crippen LogP contribution in [0.3, 0.4) is 0 Å². The molecule has 0 spiro atoms. The van der Waals surface area contributed by atoms with Gasteiger partial charge < -0.3 is 14.8 Å². The van der Waals surface area contributed by atoms with Gasteiger partial charge in [0, 0.05) is 5.75 Å². The molecule has 0 saturated carbocycles. The van der Waals surface area contributed by atoms with Gasteiger partial charge in [-0.15, -0.1) is 0 Å². The molecule has 1 unspecified atom stereocenters. The molecule has 1 aromatic carbocycles. The molecule has 0 fully saturated rings. The Morgan fingerprint density at radius 3 is 2.80 bits per heavy atom. The number of esters is 1. The number of carbonyl (C=O) groups is 2. The highest BCUT2D eigenvalue weighted by molar-refractivity contribution is 7.99. The van der Waals surface area contributed by atoms with Gasteiger partial charge in [0.05, 0.1) is 30.0 Å². The van der Waals surface area contributed by atoms with E-state index in [2.05, 4.69) is 16.9 Å². The number of nitrogens with zero attached hydrogens (tertiary/aromatic N) is 1. The van der Waals surface area contributed by atoms with Crippen molar-refractivity contribution < 1.29 is 19.4 Å². The van der Waals surface area contributed by atoms with E-state index in [0.29, 0.717) is 17.5 Å². The highest BCUT2D eigenvalue weighted by atomic mass is 32.2. The number of H-pyrrole nitrogens is 1. The molecule has 0 aliphatic heterocycles. The minimum Gasteiger partial charge on any atom is -0.481 e. The third-order valence-electron chi connectivity index (χ3n) is 3.79. The fourth-order valence-corrected chi connectivity index (χ4v) is 3.38. The second-order valence-corrected chi connectivity index (χ2v) is 6.90. The number of aromatic nitrogens is 2. The van der Waals surface area contributed by atoms with Gasteiger partial charge in [0.15, 0.2) is 5.16 Å². The first-order chi connectivity index (χ1) is 12.1. The molecular formula is C18H24N2O4S. The number of carbonyl (C=O) groups excluding carboxylic acids is 1. The number of benzene rings is 1. The van der Waals surface area contributed by atoms with Gasteiger partial charge in [-0.05, 0) is 18.6 Å². The number of rotatable bonds is 11. The first-order valence-corrected chi connectivity index (χ1v) is 9.54. The Hall–Kier alpha value is -2.02. The lowest BCUT2D eigenvalue weighted by atomic mass is 10.1. The van der Waals surface area contributed by atoms with E-state index in [-0.39, 0.29) is 6.42 Å². The smallest absolute Gasteiger partial charge is 0.310 e. The third-order valence-corrected chi connectivity index (χ3v) is 4.82. The van der Waals surface area contributed by atoms with Crippen LogP contribution >= 0.6 is 11.8 Å². The highest BCUT2D eigenvalue weighted by Gasteiger charge is 2.24. The average molecular weight is 364 g/mol. The van der Waals surface area contributed by atoms with Gasteiger partial charge >= 0.3 is 11.9 Å². The maximum Gasteiger partial charge on any atom is 0.310 e. The summed E-state index contributed by atoms with van der Waals surface area (Å²) in [4.78, 5) is 30.8. The van der Waals surface area contributed by atoms with E-state index in [0.717, 1.165) is 36.7 Å². The molecule has 1 heterocycles. The number of ether oxygens (including phenoxy) is 1. The van der Waals surface area contributed by atoms with E-state index in [9.17, 15) is 9.59 Å². The van der Waals surface area contributed by atoms with Crippen molar-refractivity contribution in [2.75, 3.05) is 12.4 Å². The zero-order valence-corrected chi connectivity index (χ0v) is 15.2. The Morgan fingerprint density at radius 2 is 2.08 bits per heavy atom. The van der Waals surface area contributed by atoms with E-state index < -0.39 is 17.9 Å². The Labute approximate surface area is 151 Å². The number of imidazole rings is 1. The van der Waals surface area contributed by atoms with Crippen molar-refractivity contribution in [3.05, 3.63) is 24.3 Å². The predicted octanol–water partition coefficient (Wildman–Crippen LogP) is 3.87. The number of aromatic amines is 1. The number of carboxylic acids is 1. The van der Waals surface area contributed by atoms with Gasteiger partial charge in [-0.2, -0.15) is 0 Å². The van der Waals surface area contributed by atoms with Gasteiger partial charge in [0.1, 0.15) is 0 Å². The standard InChI is InChI=1S/C18H24N2O4S/c1-2-3-4-7-10-24-17(23)13(11-16(21)22)12-25-18-19-14-8-5-6-9-15(14)20-18/h5-6,8-9,13H,2-4,7,10-12H2,1H3,(H,19,20)(H,21,22). The Bertz CT molecular complexity index is 668. The van der Waals surface area contributed by atoms with Gasteiger partial charge in [0.2, 0.25) is 0 Å². The fraction of sp³-hybridized carbons (Fsp3) is 0.500. The van der Waals surface area contributed by atoms with E-state index in [4.69, 9.17) is 9.84 Å². The number of hydrogen-bond donors (Lipinski definition) is 2. The number of thioether (sulfide) groups is 1. The van der Waals surface area contributed by atoms with Crippen LogP contribution in [-0.4, -0.2) is 39.4 Å². The van der Waals surface area contributed by atoms with Crippen LogP contribution in [0.1, 0.15) is 39.0 Å². The molecular weight excluding hydrogens is 340 g/mol. The van der Waals surface area contributed by atoms with Gasteiger partial charge in [-0.1, -0.05) is 50.1 Å². The van der Waals surface area contributed by atoms with E-state index in [1.807, 2.05) is 24.3 Å². The van der Waals surface area contributed by atoms with Crippen LogP contribution in [0.2, 0.25) is 0 Å². The molecule has 2 aromatic rings. The molecule has 0 radical (unpaired) electrons. The zero-order chi connectivity index (χ0) is 18.1. The summed E-state index contributed by atoms with van der Waals surface area (Å²) in [7, 11) is 0. The predicted molar refractivity (Wildman–Crippen MR) is 97.7 cm³/mol. The summed E-state index contributed by atoms with van der Waals surface area (Å²) in [5, 5.41) is 9.72. The SMILES string of the molecule is CCCCCCOC(=O)C(CSc1nc2ccccc2[nH]1)CC(=O)O. The van der Waals surface area contributed by atoms with E-state index in [1.54, 1.807) is 0 Å². The van der Waals surface area contributed by atoms with Crippen molar-refractivity contribution in [2.45, 2.75) is 44.2 Å². The zero-order valence-electron chi connectivity index (χ0n) is 14.4. The Balaban J connectivity index is 1.87. The lowest BCUT2D eigenvalue weighted by Gasteiger charge is -2.13. The van der Waals surface area contributed by atoms with Crippen molar-refractivity contribution in [2.24, 2.45) is 5.92 Å². The molecule has 6 nitrogen and oxygen atoms in total. The maximum absolute atomic E-state index is 12.2. The molecule has 0 aliphatic rings. The molecule has 0 aliphatic carbocycles. The van der Waals surface area contributed by atoms with Crippen LogP contribution < -0.4 is 0 Å². The quantitative estimate of drug-likeness (QED) is 0.357. The van der Waals surface area contributed by atoms with Crippen molar-refractivity contribution in [1.82, 2.24) is 9.97 Å². The highest BCUT2D eigenvalue weighted by Crippen LogP contribution is 2.23. The molecule has 2 N–H and O–H groups in total. The van der Waals surface area contributed by atoms with Gasteiger partial charge in [0.25, 0.3) is 0 Å². The first-order valence-electron chi connectivity index (χ1n) is 8.56. The first kappa shape index (κ1) is 19.3. The number of para-hydroxylation sites is 2. The molecule has 1 atom stereocenters. The van der Waals surface area contributed by atoms with Crippen LogP contribution in [0, 0.1) is 5.92 Å².